The lowest BCUT2D eigenvalue weighted by atomic mass is 9.83. The molecular formula is C16H26N2O5S. The van der Waals surface area contributed by atoms with E-state index in [0.29, 0.717) is 5.75 Å². The third kappa shape index (κ3) is 4.12. The lowest BCUT2D eigenvalue weighted by Gasteiger charge is -2.33. The molecular weight excluding hydrogens is 332 g/mol. The van der Waals surface area contributed by atoms with Crippen LogP contribution in [0, 0.1) is 0 Å². The van der Waals surface area contributed by atoms with Gasteiger partial charge in [0.15, 0.2) is 4.90 Å². The van der Waals surface area contributed by atoms with Gasteiger partial charge < -0.3 is 19.9 Å². The Kier molecular flexibility index (Phi) is 5.95. The summed E-state index contributed by atoms with van der Waals surface area (Å²) in [5, 5.41) is 0. The number of rotatable bonds is 7. The molecule has 1 saturated carbocycles. The number of methoxy groups -OCH3 is 3. The fraction of sp³-hybridized carbons (Fsp3) is 0.625. The van der Waals surface area contributed by atoms with Gasteiger partial charge in [0.05, 0.1) is 21.3 Å². The van der Waals surface area contributed by atoms with Crippen molar-refractivity contribution in [2.45, 2.75) is 42.5 Å². The molecule has 136 valence electrons. The number of hydrogen-bond acceptors (Lipinski definition) is 6. The van der Waals surface area contributed by atoms with Gasteiger partial charge in [0, 0.05) is 24.2 Å². The second kappa shape index (κ2) is 7.58. The molecule has 1 fully saturated rings. The molecule has 0 radical (unpaired) electrons. The number of nitrogens with one attached hydrogen (secondary N) is 1. The van der Waals surface area contributed by atoms with Crippen molar-refractivity contribution < 1.29 is 22.6 Å². The second-order valence-corrected chi connectivity index (χ2v) is 7.81. The molecule has 0 amide bonds. The zero-order chi connectivity index (χ0) is 17.8. The first-order valence-electron chi connectivity index (χ1n) is 7.94. The van der Waals surface area contributed by atoms with E-state index in [0.717, 1.165) is 32.1 Å². The predicted molar refractivity (Wildman–Crippen MR) is 91.3 cm³/mol. The van der Waals surface area contributed by atoms with Gasteiger partial charge in [-0.15, -0.1) is 0 Å². The molecule has 0 aromatic heterocycles. The summed E-state index contributed by atoms with van der Waals surface area (Å²) in [5.41, 5.74) is 5.82. The van der Waals surface area contributed by atoms with E-state index in [1.165, 1.54) is 33.5 Å². The fourth-order valence-corrected chi connectivity index (χ4v) is 4.42. The first kappa shape index (κ1) is 18.8. The fourth-order valence-electron chi connectivity index (χ4n) is 2.98. The summed E-state index contributed by atoms with van der Waals surface area (Å²) in [4.78, 5) is -0.0484. The van der Waals surface area contributed by atoms with Gasteiger partial charge in [0.25, 0.3) is 0 Å². The lowest BCUT2D eigenvalue weighted by molar-refractivity contribution is 0.296. The Bertz CT molecular complexity index is 644. The molecule has 0 saturated heterocycles. The molecule has 1 aliphatic rings. The predicted octanol–water partition coefficient (Wildman–Crippen LogP) is 1.65. The van der Waals surface area contributed by atoms with Gasteiger partial charge in [0.1, 0.15) is 17.2 Å². The molecule has 1 aromatic rings. The van der Waals surface area contributed by atoms with Crippen LogP contribution in [-0.2, 0) is 10.0 Å². The second-order valence-electron chi connectivity index (χ2n) is 6.11. The summed E-state index contributed by atoms with van der Waals surface area (Å²) in [7, 11) is 0.447. The number of nitrogens with two attached hydrogens (primary N) is 1. The molecule has 2 rings (SSSR count). The van der Waals surface area contributed by atoms with Crippen LogP contribution in [0.15, 0.2) is 17.0 Å². The SMILES string of the molecule is COc1cc(OC)c(S(=O)(=O)NCC2(N)CCCCC2)c(OC)c1. The Balaban J connectivity index is 2.31. The summed E-state index contributed by atoms with van der Waals surface area (Å²) >= 11 is 0. The normalized spacial score (nSPS) is 17.3. The summed E-state index contributed by atoms with van der Waals surface area (Å²) in [6.07, 6.45) is 4.81. The number of hydrogen-bond donors (Lipinski definition) is 2. The van der Waals surface area contributed by atoms with Crippen molar-refractivity contribution >= 4 is 10.0 Å². The van der Waals surface area contributed by atoms with E-state index < -0.39 is 15.6 Å². The van der Waals surface area contributed by atoms with Crippen molar-refractivity contribution in [2.75, 3.05) is 27.9 Å². The topological polar surface area (TPSA) is 99.9 Å². The van der Waals surface area contributed by atoms with E-state index >= 15 is 0 Å². The highest BCUT2D eigenvalue weighted by Crippen LogP contribution is 2.37. The van der Waals surface area contributed by atoms with E-state index in [-0.39, 0.29) is 22.9 Å². The van der Waals surface area contributed by atoms with Gasteiger partial charge in [-0.3, -0.25) is 0 Å². The highest BCUT2D eigenvalue weighted by atomic mass is 32.2. The van der Waals surface area contributed by atoms with Crippen molar-refractivity contribution in [1.82, 2.24) is 4.72 Å². The molecule has 7 nitrogen and oxygen atoms in total. The van der Waals surface area contributed by atoms with E-state index in [1.807, 2.05) is 0 Å². The first-order chi connectivity index (χ1) is 11.3. The highest BCUT2D eigenvalue weighted by Gasteiger charge is 2.32. The van der Waals surface area contributed by atoms with E-state index in [4.69, 9.17) is 19.9 Å². The maximum atomic E-state index is 12.8. The number of benzene rings is 1. The zero-order valence-electron chi connectivity index (χ0n) is 14.4. The Morgan fingerprint density at radius 3 is 2.04 bits per heavy atom. The van der Waals surface area contributed by atoms with Gasteiger partial charge >= 0.3 is 0 Å². The molecule has 0 heterocycles. The minimum absolute atomic E-state index is 0.0484. The van der Waals surface area contributed by atoms with Crippen LogP contribution < -0.4 is 24.7 Å². The molecule has 24 heavy (non-hydrogen) atoms. The van der Waals surface area contributed by atoms with Crippen molar-refractivity contribution in [3.05, 3.63) is 12.1 Å². The van der Waals surface area contributed by atoms with Gasteiger partial charge in [0.2, 0.25) is 10.0 Å². The van der Waals surface area contributed by atoms with Crippen LogP contribution in [0.3, 0.4) is 0 Å². The average molecular weight is 358 g/mol. The molecule has 0 spiro atoms. The molecule has 0 bridgehead atoms. The maximum Gasteiger partial charge on any atom is 0.248 e. The molecule has 8 heteroatoms. The first-order valence-corrected chi connectivity index (χ1v) is 9.42. The quantitative estimate of drug-likeness (QED) is 0.769. The Labute approximate surface area is 143 Å². The molecule has 1 aromatic carbocycles. The standard InChI is InChI=1S/C16H26N2O5S/c1-21-12-9-13(22-2)15(14(10-12)23-3)24(19,20)18-11-16(17)7-5-4-6-8-16/h9-10,18H,4-8,11,17H2,1-3H3. The Morgan fingerprint density at radius 2 is 1.58 bits per heavy atom. The lowest BCUT2D eigenvalue weighted by Crippen LogP contribution is -2.51. The smallest absolute Gasteiger partial charge is 0.248 e. The van der Waals surface area contributed by atoms with Crippen LogP contribution >= 0.6 is 0 Å². The van der Waals surface area contributed by atoms with Crippen molar-refractivity contribution in [3.63, 3.8) is 0 Å². The monoisotopic (exact) mass is 358 g/mol. The van der Waals surface area contributed by atoms with Crippen molar-refractivity contribution in [1.29, 1.82) is 0 Å². The van der Waals surface area contributed by atoms with Gasteiger partial charge in [-0.1, -0.05) is 19.3 Å². The van der Waals surface area contributed by atoms with Gasteiger partial charge in [-0.2, -0.15) is 0 Å². The summed E-state index contributed by atoms with van der Waals surface area (Å²) in [6.45, 7) is 0.188. The summed E-state index contributed by atoms with van der Waals surface area (Å²) in [5.74, 6) is 0.770. The third-order valence-corrected chi connectivity index (χ3v) is 5.87. The minimum atomic E-state index is -3.84. The van der Waals surface area contributed by atoms with Crippen LogP contribution in [0.2, 0.25) is 0 Å². The number of sulfonamides is 1. The minimum Gasteiger partial charge on any atom is -0.496 e. The average Bonchev–Trinajstić information content (AvgIpc) is 2.59. The molecule has 0 aliphatic heterocycles. The maximum absolute atomic E-state index is 12.8. The highest BCUT2D eigenvalue weighted by molar-refractivity contribution is 7.89. The summed E-state index contributed by atoms with van der Waals surface area (Å²) < 4.78 is 43.8. The third-order valence-electron chi connectivity index (χ3n) is 4.40. The molecule has 1 aliphatic carbocycles. The molecule has 3 N–H and O–H groups in total. The Morgan fingerprint density at radius 1 is 1.04 bits per heavy atom. The van der Waals surface area contributed by atoms with Crippen LogP contribution in [-0.4, -0.2) is 41.8 Å². The molecule has 0 unspecified atom stereocenters. The van der Waals surface area contributed by atoms with Crippen LogP contribution in [0.1, 0.15) is 32.1 Å². The largest absolute Gasteiger partial charge is 0.496 e. The van der Waals surface area contributed by atoms with Crippen molar-refractivity contribution in [2.24, 2.45) is 5.73 Å². The van der Waals surface area contributed by atoms with Crippen LogP contribution in [0.5, 0.6) is 17.2 Å². The van der Waals surface area contributed by atoms with Crippen LogP contribution in [0.4, 0.5) is 0 Å². The summed E-state index contributed by atoms with van der Waals surface area (Å²) in [6, 6.07) is 3.02. The van der Waals surface area contributed by atoms with E-state index in [2.05, 4.69) is 4.72 Å². The van der Waals surface area contributed by atoms with Gasteiger partial charge in [-0.25, -0.2) is 13.1 Å². The van der Waals surface area contributed by atoms with Gasteiger partial charge in [-0.05, 0) is 12.8 Å². The number of ether oxygens (including phenoxy) is 3. The Hall–Kier alpha value is -1.51. The van der Waals surface area contributed by atoms with Crippen molar-refractivity contribution in [3.8, 4) is 17.2 Å². The molecule has 0 atom stereocenters. The van der Waals surface area contributed by atoms with E-state index in [9.17, 15) is 8.42 Å². The van der Waals surface area contributed by atoms with Crippen LogP contribution in [0.25, 0.3) is 0 Å². The zero-order valence-corrected chi connectivity index (χ0v) is 15.2. The van der Waals surface area contributed by atoms with E-state index in [1.54, 1.807) is 0 Å².